The predicted molar refractivity (Wildman–Crippen MR) is 70.6 cm³/mol. The van der Waals surface area contributed by atoms with Crippen molar-refractivity contribution in [3.05, 3.63) is 5.92 Å². The molecular formula is C11H21O10S+. The van der Waals surface area contributed by atoms with Crippen LogP contribution in [-0.2, 0) is 14.6 Å². The summed E-state index contributed by atoms with van der Waals surface area (Å²) in [5.41, 5.74) is 0. The van der Waals surface area contributed by atoms with Crippen LogP contribution < -0.4 is 0 Å². The standard InChI is InChI=1S/C11H20O10S/c12-3-8(16)10-5(2-7(15)11(10)17)1-6(14)9(4-13)21-22(18,19)20/h6-17H,1-4H2/p+1/t6-,7-,8+,9+,10+,11-/m1/s1. The van der Waals surface area contributed by atoms with E-state index in [0.717, 1.165) is 0 Å². The maximum absolute atomic E-state index is 10.6. The number of hydrogen-bond donors (Lipinski definition) is 7. The molecule has 0 aromatic rings. The Morgan fingerprint density at radius 3 is 2.23 bits per heavy atom. The maximum Gasteiger partial charge on any atom is 0.397 e. The van der Waals surface area contributed by atoms with E-state index < -0.39 is 60.1 Å². The molecule has 0 aromatic heterocycles. The molecular weight excluding hydrogens is 324 g/mol. The summed E-state index contributed by atoms with van der Waals surface area (Å²) in [5.74, 6) is -0.730. The van der Waals surface area contributed by atoms with E-state index >= 15 is 0 Å². The molecule has 0 bridgehead atoms. The van der Waals surface area contributed by atoms with Crippen molar-refractivity contribution in [2.24, 2.45) is 5.92 Å². The molecule has 10 nitrogen and oxygen atoms in total. The van der Waals surface area contributed by atoms with Gasteiger partial charge in [-0.05, 0) is 0 Å². The minimum Gasteiger partial charge on any atom is -0.394 e. The van der Waals surface area contributed by atoms with Crippen molar-refractivity contribution in [2.75, 3.05) is 13.2 Å². The fourth-order valence-electron chi connectivity index (χ4n) is 2.61. The van der Waals surface area contributed by atoms with Crippen molar-refractivity contribution in [3.63, 3.8) is 0 Å². The van der Waals surface area contributed by atoms with Gasteiger partial charge < -0.3 is 30.6 Å². The molecule has 0 spiro atoms. The van der Waals surface area contributed by atoms with E-state index in [2.05, 4.69) is 4.18 Å². The Hall–Kier alpha value is -0.500. The van der Waals surface area contributed by atoms with Crippen molar-refractivity contribution in [1.82, 2.24) is 0 Å². The summed E-state index contributed by atoms with van der Waals surface area (Å²) in [6.45, 7) is -1.59. The Morgan fingerprint density at radius 1 is 1.18 bits per heavy atom. The molecule has 0 aromatic carbocycles. The Balaban J connectivity index is 2.77. The van der Waals surface area contributed by atoms with E-state index in [0.29, 0.717) is 0 Å². The molecule has 1 saturated carbocycles. The molecule has 0 radical (unpaired) electrons. The van der Waals surface area contributed by atoms with Crippen LogP contribution in [0.5, 0.6) is 0 Å². The molecule has 1 fully saturated rings. The molecule has 6 atom stereocenters. The van der Waals surface area contributed by atoms with Crippen LogP contribution in [0, 0.1) is 11.8 Å². The van der Waals surface area contributed by atoms with E-state index in [4.69, 9.17) is 14.8 Å². The third-order valence-corrected chi connectivity index (χ3v) is 4.12. The predicted octanol–water partition coefficient (Wildman–Crippen LogP) is -3.41. The summed E-state index contributed by atoms with van der Waals surface area (Å²) in [6.07, 6.45) is -7.54. The first-order chi connectivity index (χ1) is 10.1. The van der Waals surface area contributed by atoms with Crippen molar-refractivity contribution in [1.29, 1.82) is 0 Å². The van der Waals surface area contributed by atoms with Gasteiger partial charge in [-0.2, -0.15) is 8.42 Å². The van der Waals surface area contributed by atoms with Crippen LogP contribution in [0.4, 0.5) is 0 Å². The van der Waals surface area contributed by atoms with Crippen LogP contribution in [0.1, 0.15) is 12.8 Å². The Morgan fingerprint density at radius 2 is 1.77 bits per heavy atom. The van der Waals surface area contributed by atoms with Gasteiger partial charge in [0.2, 0.25) is 0 Å². The highest BCUT2D eigenvalue weighted by Gasteiger charge is 2.55. The number of aliphatic hydroxyl groups is 6. The molecule has 0 amide bonds. The minimum absolute atomic E-state index is 0.0794. The number of rotatable bonds is 8. The Kier molecular flexibility index (Phi) is 6.98. The van der Waals surface area contributed by atoms with Gasteiger partial charge in [0.25, 0.3) is 0 Å². The largest absolute Gasteiger partial charge is 0.397 e. The third kappa shape index (κ3) is 5.01. The van der Waals surface area contributed by atoms with Crippen LogP contribution in [-0.4, -0.2) is 87.3 Å². The van der Waals surface area contributed by atoms with Crippen LogP contribution in [0.2, 0.25) is 0 Å². The normalized spacial score (nSPS) is 30.3. The maximum atomic E-state index is 10.6. The topological polar surface area (TPSA) is 185 Å². The Labute approximate surface area is 127 Å². The zero-order chi connectivity index (χ0) is 17.1. The summed E-state index contributed by atoms with van der Waals surface area (Å²) < 4.78 is 33.9. The Bertz CT molecular complexity index is 440. The van der Waals surface area contributed by atoms with Crippen molar-refractivity contribution in [3.8, 4) is 0 Å². The van der Waals surface area contributed by atoms with E-state index in [-0.39, 0.29) is 18.8 Å². The second-order valence-electron chi connectivity index (χ2n) is 5.21. The average molecular weight is 345 g/mol. The summed E-state index contributed by atoms with van der Waals surface area (Å²) in [6, 6.07) is 0. The van der Waals surface area contributed by atoms with Gasteiger partial charge in [-0.1, -0.05) is 0 Å². The summed E-state index contributed by atoms with van der Waals surface area (Å²) in [4.78, 5) is 0. The highest BCUT2D eigenvalue weighted by molar-refractivity contribution is 7.80. The van der Waals surface area contributed by atoms with Crippen molar-refractivity contribution < 1.29 is 47.8 Å². The van der Waals surface area contributed by atoms with Crippen molar-refractivity contribution in [2.45, 2.75) is 43.4 Å². The summed E-state index contributed by atoms with van der Waals surface area (Å²) >= 11 is 0. The number of aliphatic hydroxyl groups excluding tert-OH is 6. The molecule has 7 N–H and O–H groups in total. The molecule has 0 saturated heterocycles. The van der Waals surface area contributed by atoms with Gasteiger partial charge in [0, 0.05) is 0 Å². The molecule has 0 unspecified atom stereocenters. The molecule has 0 heterocycles. The van der Waals surface area contributed by atoms with E-state index in [1.807, 2.05) is 0 Å². The lowest BCUT2D eigenvalue weighted by molar-refractivity contribution is -0.0383. The van der Waals surface area contributed by atoms with E-state index in [1.165, 1.54) is 0 Å². The zero-order valence-electron chi connectivity index (χ0n) is 11.6. The van der Waals surface area contributed by atoms with Gasteiger partial charge in [-0.3, -0.25) is 4.55 Å². The first kappa shape index (κ1) is 19.5. The van der Waals surface area contributed by atoms with Crippen LogP contribution in [0.25, 0.3) is 0 Å². The lowest BCUT2D eigenvalue weighted by Gasteiger charge is -2.22. The fraction of sp³-hybridized carbons (Fsp3) is 0.909. The first-order valence-electron chi connectivity index (χ1n) is 6.55. The molecule has 1 aliphatic rings. The van der Waals surface area contributed by atoms with Gasteiger partial charge in [0.05, 0.1) is 13.2 Å². The van der Waals surface area contributed by atoms with Crippen LogP contribution in [0.15, 0.2) is 0 Å². The molecule has 1 rings (SSSR count). The quantitative estimate of drug-likeness (QED) is 0.173. The monoisotopic (exact) mass is 345 g/mol. The summed E-state index contributed by atoms with van der Waals surface area (Å²) in [5, 5.41) is 56.9. The smallest absolute Gasteiger partial charge is 0.394 e. The van der Waals surface area contributed by atoms with Crippen LogP contribution in [0.3, 0.4) is 0 Å². The first-order valence-corrected chi connectivity index (χ1v) is 7.91. The van der Waals surface area contributed by atoms with Gasteiger partial charge >= 0.3 is 10.4 Å². The van der Waals surface area contributed by atoms with Crippen molar-refractivity contribution >= 4 is 10.4 Å². The molecule has 1 aliphatic carbocycles. The highest BCUT2D eigenvalue weighted by atomic mass is 32.3. The van der Waals surface area contributed by atoms with Gasteiger partial charge in [0.15, 0.2) is 5.92 Å². The molecule has 0 aliphatic heterocycles. The third-order valence-electron chi connectivity index (χ3n) is 3.63. The molecule has 22 heavy (non-hydrogen) atoms. The van der Waals surface area contributed by atoms with E-state index in [1.54, 1.807) is 0 Å². The number of hydrogen-bond acceptors (Lipinski definition) is 9. The highest BCUT2D eigenvalue weighted by Crippen LogP contribution is 2.40. The van der Waals surface area contributed by atoms with E-state index in [9.17, 15) is 28.8 Å². The SMILES string of the molecule is O=S(=O)(O)O[C@@H](CO)[C@H](O)C[C+]1C[C@@H](O)[C@@H](O)[C@@H]1[C@@H](O)CO. The second-order valence-corrected chi connectivity index (χ2v) is 6.26. The zero-order valence-corrected chi connectivity index (χ0v) is 12.4. The van der Waals surface area contributed by atoms with Gasteiger partial charge in [-0.25, -0.2) is 4.18 Å². The second kappa shape index (κ2) is 7.86. The van der Waals surface area contributed by atoms with Crippen LogP contribution >= 0.6 is 0 Å². The lowest BCUT2D eigenvalue weighted by Crippen LogP contribution is -2.40. The molecule has 130 valence electrons. The summed E-state index contributed by atoms with van der Waals surface area (Å²) in [7, 11) is -4.89. The van der Waals surface area contributed by atoms with Gasteiger partial charge in [-0.15, -0.1) is 0 Å². The fourth-order valence-corrected chi connectivity index (χ4v) is 3.11. The molecule has 11 heteroatoms. The minimum atomic E-state index is -4.89. The average Bonchev–Trinajstić information content (AvgIpc) is 2.69. The van der Waals surface area contributed by atoms with Gasteiger partial charge in [0.1, 0.15) is 49.3 Å². The lowest BCUT2D eigenvalue weighted by atomic mass is 9.85.